The van der Waals surface area contributed by atoms with Crippen LogP contribution in [0.3, 0.4) is 0 Å². The zero-order chi connectivity index (χ0) is 9.68. The van der Waals surface area contributed by atoms with Crippen molar-refractivity contribution in [3.63, 3.8) is 0 Å². The highest BCUT2D eigenvalue weighted by molar-refractivity contribution is 5.92. The smallest absolute Gasteiger partial charge is 0.157 e. The predicted molar refractivity (Wildman–Crippen MR) is 51.2 cm³/mol. The first-order chi connectivity index (χ1) is 6.22. The first-order valence-corrected chi connectivity index (χ1v) is 4.87. The molecule has 1 unspecified atom stereocenters. The van der Waals surface area contributed by atoms with Gasteiger partial charge in [0.15, 0.2) is 5.78 Å². The van der Waals surface area contributed by atoms with Crippen LogP contribution in [0.25, 0.3) is 0 Å². The summed E-state index contributed by atoms with van der Waals surface area (Å²) in [6, 6.07) is 0. The number of hydrogen-bond donors (Lipinski definition) is 2. The number of aliphatic hydroxyl groups excluding tert-OH is 1. The van der Waals surface area contributed by atoms with Crippen LogP contribution in [0.2, 0.25) is 0 Å². The Bertz CT molecular complexity index is 211. The summed E-state index contributed by atoms with van der Waals surface area (Å²) in [6.07, 6.45) is 4.57. The highest BCUT2D eigenvalue weighted by atomic mass is 16.3. The number of allylic oxidation sites excluding steroid dienone is 2. The van der Waals surface area contributed by atoms with E-state index in [-0.39, 0.29) is 11.9 Å². The second-order valence-electron chi connectivity index (χ2n) is 3.46. The van der Waals surface area contributed by atoms with Gasteiger partial charge < -0.3 is 10.4 Å². The van der Waals surface area contributed by atoms with Gasteiger partial charge in [0.05, 0.1) is 6.10 Å². The summed E-state index contributed by atoms with van der Waals surface area (Å²) in [4.78, 5) is 10.8. The summed E-state index contributed by atoms with van der Waals surface area (Å²) in [5, 5.41) is 12.5. The first-order valence-electron chi connectivity index (χ1n) is 4.87. The number of aliphatic hydroxyl groups is 1. The summed E-state index contributed by atoms with van der Waals surface area (Å²) >= 11 is 0. The Balaban J connectivity index is 2.19. The zero-order valence-electron chi connectivity index (χ0n) is 8.05. The molecule has 74 valence electrons. The Kier molecular flexibility index (Phi) is 3.96. The van der Waals surface area contributed by atoms with Crippen molar-refractivity contribution in [2.24, 2.45) is 0 Å². The van der Waals surface area contributed by atoms with Crippen LogP contribution in [-0.4, -0.2) is 23.5 Å². The van der Waals surface area contributed by atoms with Crippen LogP contribution in [0.5, 0.6) is 0 Å². The van der Waals surface area contributed by atoms with Gasteiger partial charge in [-0.2, -0.15) is 0 Å². The molecule has 2 N–H and O–H groups in total. The quantitative estimate of drug-likeness (QED) is 0.668. The summed E-state index contributed by atoms with van der Waals surface area (Å²) < 4.78 is 0. The summed E-state index contributed by atoms with van der Waals surface area (Å²) in [5.41, 5.74) is 0.972. The maximum Gasteiger partial charge on any atom is 0.157 e. The average molecular weight is 183 g/mol. The van der Waals surface area contributed by atoms with Crippen LogP contribution in [0.1, 0.15) is 32.6 Å². The fourth-order valence-corrected chi connectivity index (χ4v) is 1.42. The summed E-state index contributed by atoms with van der Waals surface area (Å²) in [7, 11) is 0. The van der Waals surface area contributed by atoms with Crippen molar-refractivity contribution < 1.29 is 9.90 Å². The van der Waals surface area contributed by atoms with Crippen molar-refractivity contribution >= 4 is 5.78 Å². The van der Waals surface area contributed by atoms with Crippen LogP contribution in [-0.2, 0) is 4.79 Å². The van der Waals surface area contributed by atoms with Crippen LogP contribution >= 0.6 is 0 Å². The molecule has 0 saturated heterocycles. The second kappa shape index (κ2) is 5.02. The van der Waals surface area contributed by atoms with Crippen LogP contribution < -0.4 is 5.32 Å². The SMILES string of the molecule is CCCC(O)CNC1=CC(=O)CC1. The number of rotatable bonds is 5. The maximum atomic E-state index is 10.8. The van der Waals surface area contributed by atoms with Crippen molar-refractivity contribution in [3.05, 3.63) is 11.8 Å². The van der Waals surface area contributed by atoms with Crippen LogP contribution in [0, 0.1) is 0 Å². The van der Waals surface area contributed by atoms with Crippen molar-refractivity contribution in [2.45, 2.75) is 38.7 Å². The van der Waals surface area contributed by atoms with Gasteiger partial charge in [0.1, 0.15) is 0 Å². The minimum absolute atomic E-state index is 0.187. The first kappa shape index (κ1) is 10.3. The van der Waals surface area contributed by atoms with E-state index in [1.54, 1.807) is 6.08 Å². The Labute approximate surface area is 78.8 Å². The van der Waals surface area contributed by atoms with E-state index in [9.17, 15) is 9.90 Å². The highest BCUT2D eigenvalue weighted by Gasteiger charge is 2.12. The normalized spacial score (nSPS) is 18.6. The van der Waals surface area contributed by atoms with E-state index in [1.807, 2.05) is 6.92 Å². The van der Waals surface area contributed by atoms with Crippen molar-refractivity contribution in [3.8, 4) is 0 Å². The average Bonchev–Trinajstić information content (AvgIpc) is 2.49. The molecule has 0 aromatic rings. The monoisotopic (exact) mass is 183 g/mol. The van der Waals surface area contributed by atoms with E-state index in [0.717, 1.165) is 25.0 Å². The Morgan fingerprint density at radius 2 is 2.38 bits per heavy atom. The van der Waals surface area contributed by atoms with Crippen LogP contribution in [0.15, 0.2) is 11.8 Å². The number of carbonyl (C=O) groups is 1. The molecule has 0 amide bonds. The van der Waals surface area contributed by atoms with Gasteiger partial charge in [-0.25, -0.2) is 0 Å². The number of carbonyl (C=O) groups excluding carboxylic acids is 1. The van der Waals surface area contributed by atoms with Gasteiger partial charge in [0, 0.05) is 24.7 Å². The largest absolute Gasteiger partial charge is 0.391 e. The molecule has 0 aliphatic heterocycles. The van der Waals surface area contributed by atoms with Crippen molar-refractivity contribution in [1.29, 1.82) is 0 Å². The van der Waals surface area contributed by atoms with E-state index in [1.165, 1.54) is 0 Å². The van der Waals surface area contributed by atoms with E-state index in [0.29, 0.717) is 13.0 Å². The molecule has 13 heavy (non-hydrogen) atoms. The zero-order valence-corrected chi connectivity index (χ0v) is 8.05. The lowest BCUT2D eigenvalue weighted by atomic mass is 10.2. The maximum absolute atomic E-state index is 10.8. The number of ketones is 1. The topological polar surface area (TPSA) is 49.3 Å². The molecule has 0 spiro atoms. The fraction of sp³-hybridized carbons (Fsp3) is 0.700. The Morgan fingerprint density at radius 1 is 1.62 bits per heavy atom. The van der Waals surface area contributed by atoms with Gasteiger partial charge in [-0.3, -0.25) is 4.79 Å². The lowest BCUT2D eigenvalue weighted by Gasteiger charge is -2.11. The molecular formula is C10H17NO2. The molecule has 1 rings (SSSR count). The molecule has 1 atom stereocenters. The lowest BCUT2D eigenvalue weighted by Crippen LogP contribution is -2.25. The van der Waals surface area contributed by atoms with Crippen molar-refractivity contribution in [1.82, 2.24) is 5.32 Å². The van der Waals surface area contributed by atoms with E-state index >= 15 is 0 Å². The van der Waals surface area contributed by atoms with Crippen LogP contribution in [0.4, 0.5) is 0 Å². The number of hydrogen-bond acceptors (Lipinski definition) is 3. The third kappa shape index (κ3) is 3.59. The Hall–Kier alpha value is -0.830. The third-order valence-electron chi connectivity index (χ3n) is 2.16. The third-order valence-corrected chi connectivity index (χ3v) is 2.16. The summed E-state index contributed by atoms with van der Waals surface area (Å²) in [6.45, 7) is 2.61. The molecule has 0 aromatic heterocycles. The molecule has 0 saturated carbocycles. The van der Waals surface area contributed by atoms with Gasteiger partial charge in [-0.1, -0.05) is 13.3 Å². The van der Waals surface area contributed by atoms with Gasteiger partial charge in [0.25, 0.3) is 0 Å². The minimum Gasteiger partial charge on any atom is -0.391 e. The van der Waals surface area contributed by atoms with Crippen molar-refractivity contribution in [2.75, 3.05) is 6.54 Å². The molecule has 1 aliphatic rings. The van der Waals surface area contributed by atoms with Gasteiger partial charge in [-0.15, -0.1) is 0 Å². The lowest BCUT2D eigenvalue weighted by molar-refractivity contribution is -0.114. The molecular weight excluding hydrogens is 166 g/mol. The van der Waals surface area contributed by atoms with E-state index < -0.39 is 0 Å². The van der Waals surface area contributed by atoms with E-state index in [2.05, 4.69) is 5.32 Å². The van der Waals surface area contributed by atoms with Gasteiger partial charge in [-0.05, 0) is 12.8 Å². The predicted octanol–water partition coefficient (Wildman–Crippen LogP) is 0.984. The van der Waals surface area contributed by atoms with Gasteiger partial charge >= 0.3 is 0 Å². The molecule has 3 heteroatoms. The molecule has 0 fully saturated rings. The standard InChI is InChI=1S/C10H17NO2/c1-2-3-10(13)7-11-8-4-5-9(12)6-8/h6,10-11,13H,2-5,7H2,1H3. The highest BCUT2D eigenvalue weighted by Crippen LogP contribution is 2.11. The molecule has 3 nitrogen and oxygen atoms in total. The molecule has 0 heterocycles. The molecule has 0 bridgehead atoms. The minimum atomic E-state index is -0.290. The van der Waals surface area contributed by atoms with Gasteiger partial charge in [0.2, 0.25) is 0 Å². The molecule has 0 radical (unpaired) electrons. The number of nitrogens with one attached hydrogen (secondary N) is 1. The molecule has 1 aliphatic carbocycles. The Morgan fingerprint density at radius 3 is 2.92 bits per heavy atom. The van der Waals surface area contributed by atoms with E-state index in [4.69, 9.17) is 0 Å². The second-order valence-corrected chi connectivity index (χ2v) is 3.46. The summed E-state index contributed by atoms with van der Waals surface area (Å²) in [5.74, 6) is 0.187. The molecule has 0 aromatic carbocycles. The fourth-order valence-electron chi connectivity index (χ4n) is 1.42.